The van der Waals surface area contributed by atoms with Gasteiger partial charge < -0.3 is 10.1 Å². The molecule has 0 fully saturated rings. The number of nitrogens with zero attached hydrogens (tertiary/aromatic N) is 1. The van der Waals surface area contributed by atoms with Crippen LogP contribution in [0.3, 0.4) is 0 Å². The van der Waals surface area contributed by atoms with E-state index in [-0.39, 0.29) is 49.3 Å². The number of halogens is 1. The van der Waals surface area contributed by atoms with Crippen molar-refractivity contribution >= 4 is 45.8 Å². The zero-order chi connectivity index (χ0) is 34.3. The predicted octanol–water partition coefficient (Wildman–Crippen LogP) is 10.3. The Labute approximate surface area is 301 Å². The molecular formula is C42H49FIrNO2Si-. The average molecular weight is 839 g/mol. The second-order valence-electron chi connectivity index (χ2n) is 13.1. The molecule has 48 heavy (non-hydrogen) atoms. The van der Waals surface area contributed by atoms with E-state index in [1.54, 1.807) is 0 Å². The summed E-state index contributed by atoms with van der Waals surface area (Å²) in [6, 6.07) is 28.0. The molecule has 0 atom stereocenters. The predicted molar refractivity (Wildman–Crippen MR) is 200 cm³/mol. The summed E-state index contributed by atoms with van der Waals surface area (Å²) in [5.41, 5.74) is 4.13. The van der Waals surface area contributed by atoms with E-state index in [0.717, 1.165) is 63.8 Å². The van der Waals surface area contributed by atoms with Gasteiger partial charge in [0.2, 0.25) is 0 Å². The molecule has 0 amide bonds. The minimum absolute atomic E-state index is 0. The van der Waals surface area contributed by atoms with Crippen LogP contribution in [-0.4, -0.2) is 23.9 Å². The molecule has 0 aliphatic rings. The van der Waals surface area contributed by atoms with Gasteiger partial charge in [-0.1, -0.05) is 114 Å². The molecule has 0 aliphatic carbocycles. The molecule has 4 aromatic carbocycles. The SMILES string of the molecule is CCC(CC)C(=O)C=C(O)C(CC)CC.Cc1[c-]c(-c2nccc3c2ccc2c(F)c([Si](C)(C)c4ccccc4)ccc23)cc(C)c1.[Ir]. The van der Waals surface area contributed by atoms with E-state index in [9.17, 15) is 9.90 Å². The topological polar surface area (TPSA) is 50.2 Å². The third-order valence-electron chi connectivity index (χ3n) is 9.53. The van der Waals surface area contributed by atoms with Crippen molar-refractivity contribution in [2.75, 3.05) is 0 Å². The Morgan fingerprint density at radius 3 is 2.02 bits per heavy atom. The Morgan fingerprint density at radius 1 is 0.833 bits per heavy atom. The molecule has 5 rings (SSSR count). The zero-order valence-electron chi connectivity index (χ0n) is 29.6. The minimum Gasteiger partial charge on any atom is -0.512 e. The van der Waals surface area contributed by atoms with Gasteiger partial charge in [-0.2, -0.15) is 0 Å². The Morgan fingerprint density at radius 2 is 1.42 bits per heavy atom. The number of hydrogen-bond acceptors (Lipinski definition) is 3. The van der Waals surface area contributed by atoms with E-state index >= 15 is 4.39 Å². The Balaban J connectivity index is 0.000000334. The fraction of sp³-hybridized carbons (Fsp3) is 0.333. The zero-order valence-corrected chi connectivity index (χ0v) is 33.0. The summed E-state index contributed by atoms with van der Waals surface area (Å²) < 4.78 is 15.9. The van der Waals surface area contributed by atoms with Gasteiger partial charge in [-0.05, 0) is 58.8 Å². The van der Waals surface area contributed by atoms with Gasteiger partial charge in [0.1, 0.15) is 13.9 Å². The smallest absolute Gasteiger partial charge is 0.162 e. The summed E-state index contributed by atoms with van der Waals surface area (Å²) in [6.45, 7) is 16.6. The second-order valence-corrected chi connectivity index (χ2v) is 17.5. The summed E-state index contributed by atoms with van der Waals surface area (Å²) in [7, 11) is -2.15. The molecule has 6 heteroatoms. The van der Waals surface area contributed by atoms with Crippen molar-refractivity contribution in [3.63, 3.8) is 0 Å². The van der Waals surface area contributed by atoms with Crippen LogP contribution in [0.2, 0.25) is 13.1 Å². The maximum atomic E-state index is 15.9. The largest absolute Gasteiger partial charge is 0.512 e. The molecule has 0 unspecified atom stereocenters. The van der Waals surface area contributed by atoms with Crippen LogP contribution >= 0.6 is 0 Å². The molecule has 0 bridgehead atoms. The first-order valence-electron chi connectivity index (χ1n) is 17.0. The van der Waals surface area contributed by atoms with Gasteiger partial charge in [0.05, 0.1) is 5.76 Å². The Hall–Kier alpha value is -3.44. The van der Waals surface area contributed by atoms with Crippen LogP contribution < -0.4 is 10.4 Å². The number of carbonyl (C=O) groups is 1. The maximum Gasteiger partial charge on any atom is 0.162 e. The van der Waals surface area contributed by atoms with Crippen LogP contribution in [0.15, 0.2) is 90.8 Å². The maximum absolute atomic E-state index is 15.9. The van der Waals surface area contributed by atoms with Crippen LogP contribution in [0.1, 0.15) is 64.5 Å². The van der Waals surface area contributed by atoms with Crippen LogP contribution in [-0.2, 0) is 24.9 Å². The quantitative estimate of drug-likeness (QED) is 0.0501. The molecule has 1 heterocycles. The summed E-state index contributed by atoms with van der Waals surface area (Å²) in [5, 5.41) is 15.5. The fourth-order valence-electron chi connectivity index (χ4n) is 6.54. The molecule has 1 N–H and O–H groups in total. The number of allylic oxidation sites excluding steroid dienone is 2. The van der Waals surface area contributed by atoms with Crippen molar-refractivity contribution in [3.05, 3.63) is 114 Å². The summed E-state index contributed by atoms with van der Waals surface area (Å²) in [4.78, 5) is 16.4. The van der Waals surface area contributed by atoms with E-state index in [1.807, 2.05) is 83.3 Å². The average Bonchev–Trinajstić information content (AvgIpc) is 3.05. The number of carbonyl (C=O) groups excluding carboxylic acids is 1. The van der Waals surface area contributed by atoms with Crippen LogP contribution in [0, 0.1) is 37.6 Å². The summed E-state index contributed by atoms with van der Waals surface area (Å²) in [6.07, 6.45) is 6.72. The van der Waals surface area contributed by atoms with Crippen molar-refractivity contribution in [3.8, 4) is 11.3 Å². The monoisotopic (exact) mass is 839 g/mol. The van der Waals surface area contributed by atoms with Crippen LogP contribution in [0.4, 0.5) is 4.39 Å². The molecule has 0 aliphatic heterocycles. The van der Waals surface area contributed by atoms with Crippen molar-refractivity contribution in [1.82, 2.24) is 4.98 Å². The fourth-order valence-corrected chi connectivity index (χ4v) is 9.06. The van der Waals surface area contributed by atoms with E-state index < -0.39 is 8.07 Å². The Bertz CT molecular complexity index is 1860. The van der Waals surface area contributed by atoms with Crippen molar-refractivity contribution in [1.29, 1.82) is 0 Å². The molecule has 0 spiro atoms. The van der Waals surface area contributed by atoms with Crippen molar-refractivity contribution < 1.29 is 34.4 Å². The van der Waals surface area contributed by atoms with Gasteiger partial charge in [0.15, 0.2) is 5.78 Å². The third kappa shape index (κ3) is 8.58. The number of aliphatic hydroxyl groups excluding tert-OH is 1. The number of aromatic nitrogens is 1. The van der Waals surface area contributed by atoms with Gasteiger partial charge in [0, 0.05) is 49.6 Å². The van der Waals surface area contributed by atoms with Crippen molar-refractivity contribution in [2.24, 2.45) is 11.8 Å². The first kappa shape index (κ1) is 39.0. The van der Waals surface area contributed by atoms with Crippen LogP contribution in [0.25, 0.3) is 32.8 Å². The first-order valence-corrected chi connectivity index (χ1v) is 20.0. The standard InChI is InChI=1S/C29H25FNSi.C13H24O2.Ir/c1-19-16-20(2)18-21(17-19)29-26-11-10-25-23(24(26)14-15-31-29)12-13-27(28(25)30)32(3,4)22-8-6-5-7-9-22;1-5-10(6-2)12(14)9-13(15)11(7-3)8-4;/h5-17H,1-4H3;9-11,14H,5-8H2,1-4H3;/q-1;;. The minimum atomic E-state index is -2.15. The van der Waals surface area contributed by atoms with Gasteiger partial charge in [-0.25, -0.2) is 4.39 Å². The number of aryl methyl sites for hydroxylation is 2. The molecule has 0 saturated carbocycles. The van der Waals surface area contributed by atoms with E-state index in [0.29, 0.717) is 5.39 Å². The number of ketones is 1. The molecule has 0 saturated heterocycles. The van der Waals surface area contributed by atoms with E-state index in [2.05, 4.69) is 61.4 Å². The van der Waals surface area contributed by atoms with Crippen molar-refractivity contribution in [2.45, 2.75) is 80.3 Å². The molecule has 5 aromatic rings. The number of pyridine rings is 1. The third-order valence-corrected chi connectivity index (χ3v) is 13.0. The molecule has 255 valence electrons. The second kappa shape index (κ2) is 17.3. The number of fused-ring (bicyclic) bond motifs is 3. The van der Waals surface area contributed by atoms with Gasteiger partial charge >= 0.3 is 0 Å². The summed E-state index contributed by atoms with van der Waals surface area (Å²) in [5.74, 6) is 0.451. The van der Waals surface area contributed by atoms with E-state index in [4.69, 9.17) is 0 Å². The van der Waals surface area contributed by atoms with Gasteiger partial charge in [0.25, 0.3) is 0 Å². The van der Waals surface area contributed by atoms with E-state index in [1.165, 1.54) is 16.8 Å². The molecule has 1 radical (unpaired) electrons. The molecule has 1 aromatic heterocycles. The van der Waals surface area contributed by atoms with Gasteiger partial charge in [-0.15, -0.1) is 34.9 Å². The van der Waals surface area contributed by atoms with Crippen LogP contribution in [0.5, 0.6) is 0 Å². The summed E-state index contributed by atoms with van der Waals surface area (Å²) >= 11 is 0. The number of benzene rings is 4. The molecular weight excluding hydrogens is 790 g/mol. The Kier molecular flexibility index (Phi) is 14.0. The molecule has 3 nitrogen and oxygen atoms in total. The number of aliphatic hydroxyl groups is 1. The van der Waals surface area contributed by atoms with Gasteiger partial charge in [-0.3, -0.25) is 4.79 Å². The normalized spacial score (nSPS) is 11.9. The number of hydrogen-bond donors (Lipinski definition) is 1. The number of rotatable bonds is 10. The first-order chi connectivity index (χ1) is 22.5.